The lowest BCUT2D eigenvalue weighted by molar-refractivity contribution is 0.0966. The predicted octanol–water partition coefficient (Wildman–Crippen LogP) is 1.42. The van der Waals surface area contributed by atoms with Gasteiger partial charge in [0.05, 0.1) is 0 Å². The number of aromatic nitrogens is 3. The topological polar surface area (TPSA) is 58.6 Å². The number of rotatable bonds is 4. The van der Waals surface area contributed by atoms with E-state index < -0.39 is 0 Å². The predicted molar refractivity (Wildman–Crippen MR) is 44.8 cm³/mol. The highest BCUT2D eigenvalue weighted by Gasteiger charge is 2.08. The van der Waals surface area contributed by atoms with Gasteiger partial charge in [0.2, 0.25) is 0 Å². The van der Waals surface area contributed by atoms with E-state index in [1.807, 2.05) is 0 Å². The maximum atomic E-state index is 11.3. The van der Waals surface area contributed by atoms with Gasteiger partial charge in [0.15, 0.2) is 11.6 Å². The second-order valence-electron chi connectivity index (χ2n) is 3.19. The van der Waals surface area contributed by atoms with Crippen molar-refractivity contribution in [1.82, 2.24) is 15.2 Å². The molecule has 0 atom stereocenters. The minimum absolute atomic E-state index is 0.0428. The summed E-state index contributed by atoms with van der Waals surface area (Å²) in [5.41, 5.74) is 0. The van der Waals surface area contributed by atoms with Crippen LogP contribution in [0.25, 0.3) is 0 Å². The minimum Gasteiger partial charge on any atom is -0.291 e. The average molecular weight is 167 g/mol. The summed E-state index contributed by atoms with van der Waals surface area (Å²) in [6, 6.07) is 0. The van der Waals surface area contributed by atoms with Crippen molar-refractivity contribution in [1.29, 1.82) is 0 Å². The Bertz CT molecular complexity index is 241. The molecule has 0 aliphatic carbocycles. The van der Waals surface area contributed by atoms with E-state index in [1.165, 1.54) is 6.33 Å². The lowest BCUT2D eigenvalue weighted by Crippen LogP contribution is -2.03. The van der Waals surface area contributed by atoms with Crippen molar-refractivity contribution >= 4 is 5.78 Å². The van der Waals surface area contributed by atoms with Crippen molar-refractivity contribution in [3.63, 3.8) is 0 Å². The van der Waals surface area contributed by atoms with Gasteiger partial charge in [-0.2, -0.15) is 5.10 Å². The Morgan fingerprint density at radius 3 is 2.92 bits per heavy atom. The number of hydrogen-bond acceptors (Lipinski definition) is 3. The van der Waals surface area contributed by atoms with Crippen LogP contribution in [0, 0.1) is 5.92 Å². The second kappa shape index (κ2) is 3.99. The fourth-order valence-electron chi connectivity index (χ4n) is 0.878. The van der Waals surface area contributed by atoms with Crippen LogP contribution in [0.4, 0.5) is 0 Å². The van der Waals surface area contributed by atoms with Gasteiger partial charge < -0.3 is 0 Å². The van der Waals surface area contributed by atoms with E-state index in [-0.39, 0.29) is 5.78 Å². The first-order valence-electron chi connectivity index (χ1n) is 4.08. The molecule has 1 aromatic rings. The second-order valence-corrected chi connectivity index (χ2v) is 3.19. The fraction of sp³-hybridized carbons (Fsp3) is 0.625. The van der Waals surface area contributed by atoms with Crippen LogP contribution in [-0.2, 0) is 0 Å². The molecule has 0 saturated heterocycles. The fourth-order valence-corrected chi connectivity index (χ4v) is 0.878. The number of hydrogen-bond donors (Lipinski definition) is 1. The summed E-state index contributed by atoms with van der Waals surface area (Å²) in [5, 5.41) is 6.16. The smallest absolute Gasteiger partial charge is 0.199 e. The molecule has 0 bridgehead atoms. The molecular formula is C8H13N3O. The lowest BCUT2D eigenvalue weighted by atomic mass is 10.1. The van der Waals surface area contributed by atoms with Crippen molar-refractivity contribution in [2.75, 3.05) is 0 Å². The summed E-state index contributed by atoms with van der Waals surface area (Å²) in [7, 11) is 0. The summed E-state index contributed by atoms with van der Waals surface area (Å²) in [5.74, 6) is 0.966. The molecule has 4 nitrogen and oxygen atoms in total. The van der Waals surface area contributed by atoms with Crippen LogP contribution >= 0.6 is 0 Å². The number of ketones is 1. The maximum Gasteiger partial charge on any atom is 0.199 e. The Balaban J connectivity index is 2.40. The van der Waals surface area contributed by atoms with Crippen LogP contribution in [0.3, 0.4) is 0 Å². The van der Waals surface area contributed by atoms with Gasteiger partial charge in [-0.15, -0.1) is 0 Å². The number of carbonyl (C=O) groups excluding carboxylic acids is 1. The lowest BCUT2D eigenvalue weighted by Gasteiger charge is -2.00. The highest BCUT2D eigenvalue weighted by atomic mass is 16.1. The molecule has 12 heavy (non-hydrogen) atoms. The molecule has 0 aromatic carbocycles. The molecule has 66 valence electrons. The SMILES string of the molecule is CC(C)CCC(=O)c1ncn[nH]1. The van der Waals surface area contributed by atoms with Crippen LogP contribution in [0.15, 0.2) is 6.33 Å². The number of H-pyrrole nitrogens is 1. The van der Waals surface area contributed by atoms with E-state index >= 15 is 0 Å². The Morgan fingerprint density at radius 1 is 1.67 bits per heavy atom. The Hall–Kier alpha value is -1.19. The van der Waals surface area contributed by atoms with E-state index in [2.05, 4.69) is 29.0 Å². The van der Waals surface area contributed by atoms with E-state index in [0.29, 0.717) is 18.2 Å². The zero-order chi connectivity index (χ0) is 8.97. The summed E-state index contributed by atoms with van der Waals surface area (Å²) in [6.45, 7) is 4.18. The highest BCUT2D eigenvalue weighted by molar-refractivity contribution is 5.92. The first-order valence-corrected chi connectivity index (χ1v) is 4.08. The van der Waals surface area contributed by atoms with Gasteiger partial charge in [-0.1, -0.05) is 13.8 Å². The van der Waals surface area contributed by atoms with Crippen molar-refractivity contribution in [2.24, 2.45) is 5.92 Å². The minimum atomic E-state index is 0.0428. The van der Waals surface area contributed by atoms with Crippen molar-refractivity contribution in [2.45, 2.75) is 26.7 Å². The molecule has 0 unspecified atom stereocenters. The zero-order valence-corrected chi connectivity index (χ0v) is 7.37. The first-order chi connectivity index (χ1) is 5.70. The molecule has 0 aliphatic heterocycles. The monoisotopic (exact) mass is 167 g/mol. The van der Waals surface area contributed by atoms with E-state index in [0.717, 1.165) is 6.42 Å². The molecule has 0 fully saturated rings. The van der Waals surface area contributed by atoms with Gasteiger partial charge in [0.1, 0.15) is 6.33 Å². The number of nitrogens with zero attached hydrogens (tertiary/aromatic N) is 2. The third-order valence-corrected chi connectivity index (χ3v) is 1.63. The van der Waals surface area contributed by atoms with Crippen molar-refractivity contribution < 1.29 is 4.79 Å². The summed E-state index contributed by atoms with van der Waals surface area (Å²) in [4.78, 5) is 15.1. The van der Waals surface area contributed by atoms with Gasteiger partial charge in [-0.3, -0.25) is 9.89 Å². The normalized spacial score (nSPS) is 10.6. The van der Waals surface area contributed by atoms with Gasteiger partial charge in [0.25, 0.3) is 0 Å². The molecule has 0 saturated carbocycles. The standard InChI is InChI=1S/C8H13N3O/c1-6(2)3-4-7(12)8-9-5-10-11-8/h5-6H,3-4H2,1-2H3,(H,9,10,11). The van der Waals surface area contributed by atoms with Crippen molar-refractivity contribution in [3.8, 4) is 0 Å². The average Bonchev–Trinajstić information content (AvgIpc) is 2.51. The molecule has 0 amide bonds. The third-order valence-electron chi connectivity index (χ3n) is 1.63. The molecule has 1 N–H and O–H groups in total. The quantitative estimate of drug-likeness (QED) is 0.690. The van der Waals surface area contributed by atoms with Gasteiger partial charge in [-0.25, -0.2) is 4.98 Å². The third kappa shape index (κ3) is 2.45. The Kier molecular flexibility index (Phi) is 2.96. The van der Waals surface area contributed by atoms with Crippen molar-refractivity contribution in [3.05, 3.63) is 12.2 Å². The molecule has 1 rings (SSSR count). The number of carbonyl (C=O) groups is 1. The van der Waals surface area contributed by atoms with Crippen LogP contribution in [0.2, 0.25) is 0 Å². The van der Waals surface area contributed by atoms with Crippen LogP contribution in [0.1, 0.15) is 37.3 Å². The van der Waals surface area contributed by atoms with E-state index in [9.17, 15) is 4.79 Å². The van der Waals surface area contributed by atoms with Gasteiger partial charge in [-0.05, 0) is 12.3 Å². The largest absolute Gasteiger partial charge is 0.291 e. The highest BCUT2D eigenvalue weighted by Crippen LogP contribution is 2.06. The molecule has 0 radical (unpaired) electrons. The number of aromatic amines is 1. The van der Waals surface area contributed by atoms with Crippen LogP contribution in [-0.4, -0.2) is 21.0 Å². The molecule has 4 heteroatoms. The van der Waals surface area contributed by atoms with Crippen LogP contribution in [0.5, 0.6) is 0 Å². The number of Topliss-reactive ketones (excluding diaryl/α,β-unsaturated/α-hetero) is 1. The first kappa shape index (κ1) is 8.90. The van der Waals surface area contributed by atoms with Gasteiger partial charge >= 0.3 is 0 Å². The van der Waals surface area contributed by atoms with E-state index in [4.69, 9.17) is 0 Å². The van der Waals surface area contributed by atoms with E-state index in [1.54, 1.807) is 0 Å². The Labute approximate surface area is 71.4 Å². The molecule has 0 aliphatic rings. The molecular weight excluding hydrogens is 154 g/mol. The Morgan fingerprint density at radius 2 is 2.42 bits per heavy atom. The molecule has 1 heterocycles. The molecule has 0 spiro atoms. The number of nitrogens with one attached hydrogen (secondary N) is 1. The summed E-state index contributed by atoms with van der Waals surface area (Å²) in [6.07, 6.45) is 2.80. The summed E-state index contributed by atoms with van der Waals surface area (Å²) >= 11 is 0. The summed E-state index contributed by atoms with van der Waals surface area (Å²) < 4.78 is 0. The molecule has 1 aromatic heterocycles. The van der Waals surface area contributed by atoms with Gasteiger partial charge in [0, 0.05) is 6.42 Å². The zero-order valence-electron chi connectivity index (χ0n) is 7.37. The maximum absolute atomic E-state index is 11.3. The van der Waals surface area contributed by atoms with Crippen LogP contribution < -0.4 is 0 Å².